The maximum absolute atomic E-state index is 12.0. The SMILES string of the molecule is O=C(CNc1ccc([N+](=O)[O-])cc1)Nc1ccc(N2CCOCC2)cc1. The van der Waals surface area contributed by atoms with Crippen LogP contribution in [0.4, 0.5) is 22.7 Å². The lowest BCUT2D eigenvalue weighted by Gasteiger charge is -2.28. The number of carbonyl (C=O) groups excluding carboxylic acids is 1. The number of ether oxygens (including phenoxy) is 1. The molecule has 2 N–H and O–H groups in total. The molecule has 1 aliphatic heterocycles. The van der Waals surface area contributed by atoms with Crippen LogP contribution in [0.3, 0.4) is 0 Å². The number of non-ortho nitro benzene ring substituents is 1. The van der Waals surface area contributed by atoms with Gasteiger partial charge in [-0.25, -0.2) is 0 Å². The number of anilines is 3. The fourth-order valence-corrected chi connectivity index (χ4v) is 2.67. The van der Waals surface area contributed by atoms with Crippen molar-refractivity contribution in [2.45, 2.75) is 0 Å². The first-order valence-corrected chi connectivity index (χ1v) is 8.33. The van der Waals surface area contributed by atoms with E-state index in [2.05, 4.69) is 15.5 Å². The van der Waals surface area contributed by atoms with Gasteiger partial charge in [-0.1, -0.05) is 0 Å². The summed E-state index contributed by atoms with van der Waals surface area (Å²) in [5, 5.41) is 16.4. The minimum absolute atomic E-state index is 0.0142. The molecule has 0 unspecified atom stereocenters. The minimum Gasteiger partial charge on any atom is -0.378 e. The number of amides is 1. The molecule has 3 rings (SSSR count). The molecule has 0 bridgehead atoms. The van der Waals surface area contributed by atoms with E-state index in [9.17, 15) is 14.9 Å². The number of nitro benzene ring substituents is 1. The van der Waals surface area contributed by atoms with Gasteiger partial charge in [-0.2, -0.15) is 0 Å². The second-order valence-corrected chi connectivity index (χ2v) is 5.85. The van der Waals surface area contributed by atoms with Crippen LogP contribution in [0.1, 0.15) is 0 Å². The number of hydrogen-bond donors (Lipinski definition) is 2. The number of nitrogens with zero attached hydrogens (tertiary/aromatic N) is 2. The molecule has 1 heterocycles. The zero-order chi connectivity index (χ0) is 18.4. The molecule has 136 valence electrons. The zero-order valence-corrected chi connectivity index (χ0v) is 14.2. The van der Waals surface area contributed by atoms with Gasteiger partial charge >= 0.3 is 0 Å². The van der Waals surface area contributed by atoms with E-state index in [0.29, 0.717) is 5.69 Å². The Balaban J connectivity index is 1.49. The van der Waals surface area contributed by atoms with Crippen molar-refractivity contribution in [3.8, 4) is 0 Å². The van der Waals surface area contributed by atoms with E-state index in [1.807, 2.05) is 24.3 Å². The second kappa shape index (κ2) is 8.30. The summed E-state index contributed by atoms with van der Waals surface area (Å²) < 4.78 is 5.34. The van der Waals surface area contributed by atoms with Crippen molar-refractivity contribution in [1.82, 2.24) is 0 Å². The monoisotopic (exact) mass is 356 g/mol. The van der Waals surface area contributed by atoms with Crippen molar-refractivity contribution < 1.29 is 14.5 Å². The van der Waals surface area contributed by atoms with Gasteiger partial charge in [0.2, 0.25) is 5.91 Å². The first-order valence-electron chi connectivity index (χ1n) is 8.33. The van der Waals surface area contributed by atoms with Crippen LogP contribution in [0.15, 0.2) is 48.5 Å². The second-order valence-electron chi connectivity index (χ2n) is 5.85. The van der Waals surface area contributed by atoms with Gasteiger partial charge in [0.15, 0.2) is 0 Å². The lowest BCUT2D eigenvalue weighted by molar-refractivity contribution is -0.384. The first-order chi connectivity index (χ1) is 12.6. The van der Waals surface area contributed by atoms with Crippen LogP contribution in [-0.4, -0.2) is 43.7 Å². The number of benzene rings is 2. The van der Waals surface area contributed by atoms with E-state index >= 15 is 0 Å². The van der Waals surface area contributed by atoms with Gasteiger partial charge in [0.05, 0.1) is 24.7 Å². The number of rotatable bonds is 6. The van der Waals surface area contributed by atoms with E-state index in [1.165, 1.54) is 12.1 Å². The Hall–Kier alpha value is -3.13. The van der Waals surface area contributed by atoms with Gasteiger partial charge in [-0.05, 0) is 36.4 Å². The van der Waals surface area contributed by atoms with Gasteiger partial charge in [0.1, 0.15) is 0 Å². The highest BCUT2D eigenvalue weighted by molar-refractivity contribution is 5.93. The van der Waals surface area contributed by atoms with Gasteiger partial charge in [-0.3, -0.25) is 14.9 Å². The summed E-state index contributed by atoms with van der Waals surface area (Å²) in [6.45, 7) is 3.26. The van der Waals surface area contributed by atoms with Crippen molar-refractivity contribution in [3.63, 3.8) is 0 Å². The van der Waals surface area contributed by atoms with E-state index in [-0.39, 0.29) is 18.1 Å². The predicted octanol–water partition coefficient (Wildman–Crippen LogP) is 2.48. The fraction of sp³-hybridized carbons (Fsp3) is 0.278. The van der Waals surface area contributed by atoms with Crippen molar-refractivity contribution in [2.24, 2.45) is 0 Å². The van der Waals surface area contributed by atoms with Crippen LogP contribution >= 0.6 is 0 Å². The highest BCUT2D eigenvalue weighted by Gasteiger charge is 2.11. The maximum atomic E-state index is 12.0. The molecule has 0 spiro atoms. The fourth-order valence-electron chi connectivity index (χ4n) is 2.67. The number of morpholine rings is 1. The molecule has 1 amide bonds. The highest BCUT2D eigenvalue weighted by Crippen LogP contribution is 2.19. The van der Waals surface area contributed by atoms with Crippen molar-refractivity contribution in [3.05, 3.63) is 58.6 Å². The van der Waals surface area contributed by atoms with E-state index < -0.39 is 4.92 Å². The first kappa shape index (κ1) is 17.7. The number of nitrogens with one attached hydrogen (secondary N) is 2. The predicted molar refractivity (Wildman–Crippen MR) is 99.7 cm³/mol. The molecule has 1 fully saturated rings. The average molecular weight is 356 g/mol. The summed E-state index contributed by atoms with van der Waals surface area (Å²) in [5.74, 6) is -0.192. The van der Waals surface area contributed by atoms with Gasteiger partial charge in [-0.15, -0.1) is 0 Å². The number of hydrogen-bond acceptors (Lipinski definition) is 6. The van der Waals surface area contributed by atoms with Gasteiger partial charge in [0.25, 0.3) is 5.69 Å². The normalized spacial score (nSPS) is 13.9. The molecule has 0 aliphatic carbocycles. The molecule has 0 radical (unpaired) electrons. The quantitative estimate of drug-likeness (QED) is 0.610. The Morgan fingerprint density at radius 1 is 1.04 bits per heavy atom. The van der Waals surface area contributed by atoms with Crippen LogP contribution in [0.25, 0.3) is 0 Å². The smallest absolute Gasteiger partial charge is 0.269 e. The third-order valence-corrected chi connectivity index (χ3v) is 4.06. The number of carbonyl (C=O) groups is 1. The number of nitro groups is 1. The van der Waals surface area contributed by atoms with Crippen LogP contribution in [0, 0.1) is 10.1 Å². The van der Waals surface area contributed by atoms with Crippen molar-refractivity contribution in [2.75, 3.05) is 48.4 Å². The van der Waals surface area contributed by atoms with E-state index in [0.717, 1.165) is 37.7 Å². The van der Waals surface area contributed by atoms with Gasteiger partial charge < -0.3 is 20.3 Å². The molecule has 1 aliphatic rings. The van der Waals surface area contributed by atoms with Crippen LogP contribution < -0.4 is 15.5 Å². The Bertz CT molecular complexity index is 756. The van der Waals surface area contributed by atoms with E-state index in [4.69, 9.17) is 4.74 Å². The summed E-state index contributed by atoms with van der Waals surface area (Å²) in [6, 6.07) is 13.6. The standard InChI is InChI=1S/C18H20N4O4/c23-18(13-19-14-1-7-17(8-2-14)22(24)25)20-15-3-5-16(6-4-15)21-9-11-26-12-10-21/h1-8,19H,9-13H2,(H,20,23). The third kappa shape index (κ3) is 4.70. The molecular formula is C18H20N4O4. The van der Waals surface area contributed by atoms with Gasteiger partial charge in [0, 0.05) is 42.3 Å². The van der Waals surface area contributed by atoms with Crippen LogP contribution in [-0.2, 0) is 9.53 Å². The molecular weight excluding hydrogens is 336 g/mol. The summed E-state index contributed by atoms with van der Waals surface area (Å²) >= 11 is 0. The molecule has 2 aromatic rings. The van der Waals surface area contributed by atoms with Crippen molar-refractivity contribution in [1.29, 1.82) is 0 Å². The largest absolute Gasteiger partial charge is 0.378 e. The molecule has 2 aromatic carbocycles. The van der Waals surface area contributed by atoms with Crippen molar-refractivity contribution >= 4 is 28.7 Å². The Kier molecular flexibility index (Phi) is 5.65. The maximum Gasteiger partial charge on any atom is 0.269 e. The Morgan fingerprint density at radius 3 is 2.27 bits per heavy atom. The Labute approximate surface area is 150 Å². The topological polar surface area (TPSA) is 96.7 Å². The summed E-state index contributed by atoms with van der Waals surface area (Å²) in [6.07, 6.45) is 0. The Morgan fingerprint density at radius 2 is 1.65 bits per heavy atom. The van der Waals surface area contributed by atoms with Crippen LogP contribution in [0.5, 0.6) is 0 Å². The zero-order valence-electron chi connectivity index (χ0n) is 14.2. The highest BCUT2D eigenvalue weighted by atomic mass is 16.6. The summed E-state index contributed by atoms with van der Waals surface area (Å²) in [5.41, 5.74) is 2.49. The lowest BCUT2D eigenvalue weighted by atomic mass is 10.2. The average Bonchev–Trinajstić information content (AvgIpc) is 2.68. The van der Waals surface area contributed by atoms with E-state index in [1.54, 1.807) is 12.1 Å². The summed E-state index contributed by atoms with van der Waals surface area (Å²) in [4.78, 5) is 24.4. The lowest BCUT2D eigenvalue weighted by Crippen LogP contribution is -2.36. The summed E-state index contributed by atoms with van der Waals surface area (Å²) in [7, 11) is 0. The minimum atomic E-state index is -0.461. The molecule has 0 atom stereocenters. The molecule has 8 nitrogen and oxygen atoms in total. The molecule has 0 saturated carbocycles. The third-order valence-electron chi connectivity index (χ3n) is 4.06. The molecule has 26 heavy (non-hydrogen) atoms. The molecule has 1 saturated heterocycles. The molecule has 0 aromatic heterocycles. The molecule has 8 heteroatoms. The van der Waals surface area contributed by atoms with Crippen LogP contribution in [0.2, 0.25) is 0 Å².